The van der Waals surface area contributed by atoms with Crippen LogP contribution in [0.25, 0.3) is 11.3 Å². The number of furan rings is 1. The molecule has 0 unspecified atom stereocenters. The van der Waals surface area contributed by atoms with E-state index in [1.165, 1.54) is 23.5 Å². The SMILES string of the molecule is CCOC(=O)c1ccc(-c2ccc(/C=N/NC(=O)CSc3ccc(C)cc3)o2)cc1. The number of thioether (sulfide) groups is 1. The van der Waals surface area contributed by atoms with Gasteiger partial charge in [-0.3, -0.25) is 4.79 Å². The van der Waals surface area contributed by atoms with Crippen LogP contribution < -0.4 is 5.43 Å². The summed E-state index contributed by atoms with van der Waals surface area (Å²) in [5, 5.41) is 3.94. The molecule has 0 spiro atoms. The highest BCUT2D eigenvalue weighted by molar-refractivity contribution is 8.00. The zero-order valence-electron chi connectivity index (χ0n) is 16.8. The lowest BCUT2D eigenvalue weighted by molar-refractivity contribution is -0.118. The molecule has 6 nitrogen and oxygen atoms in total. The van der Waals surface area contributed by atoms with Gasteiger partial charge in [-0.15, -0.1) is 11.8 Å². The lowest BCUT2D eigenvalue weighted by atomic mass is 10.1. The van der Waals surface area contributed by atoms with E-state index in [4.69, 9.17) is 9.15 Å². The monoisotopic (exact) mass is 422 g/mol. The van der Waals surface area contributed by atoms with E-state index in [9.17, 15) is 9.59 Å². The molecular weight excluding hydrogens is 400 g/mol. The summed E-state index contributed by atoms with van der Waals surface area (Å²) in [6.45, 7) is 4.13. The maximum Gasteiger partial charge on any atom is 0.338 e. The standard InChI is InChI=1S/C23H22N2O4S/c1-3-28-23(27)18-8-6-17(7-9-18)21-13-10-19(29-21)14-24-25-22(26)15-30-20-11-4-16(2)5-12-20/h4-14H,3,15H2,1-2H3,(H,25,26)/b24-14+. The van der Waals surface area contributed by atoms with Crippen LogP contribution in [0.2, 0.25) is 0 Å². The first-order chi connectivity index (χ1) is 14.5. The second kappa shape index (κ2) is 10.5. The molecule has 1 aromatic heterocycles. The van der Waals surface area contributed by atoms with Crippen molar-refractivity contribution in [3.8, 4) is 11.3 Å². The van der Waals surface area contributed by atoms with Gasteiger partial charge in [-0.05, 0) is 50.2 Å². The van der Waals surface area contributed by atoms with Crippen LogP contribution in [0, 0.1) is 6.92 Å². The maximum absolute atomic E-state index is 11.9. The van der Waals surface area contributed by atoms with Gasteiger partial charge in [0.05, 0.1) is 24.1 Å². The number of nitrogens with zero attached hydrogens (tertiary/aromatic N) is 1. The van der Waals surface area contributed by atoms with Gasteiger partial charge in [0.2, 0.25) is 5.91 Å². The summed E-state index contributed by atoms with van der Waals surface area (Å²) in [6, 6.07) is 18.5. The molecule has 3 rings (SSSR count). The van der Waals surface area contributed by atoms with Crippen molar-refractivity contribution in [2.75, 3.05) is 12.4 Å². The van der Waals surface area contributed by atoms with E-state index in [-0.39, 0.29) is 17.6 Å². The van der Waals surface area contributed by atoms with E-state index < -0.39 is 0 Å². The van der Waals surface area contributed by atoms with Crippen LogP contribution in [0.1, 0.15) is 28.6 Å². The van der Waals surface area contributed by atoms with Crippen molar-refractivity contribution in [2.24, 2.45) is 5.10 Å². The molecule has 1 N–H and O–H groups in total. The lowest BCUT2D eigenvalue weighted by Crippen LogP contribution is -2.19. The van der Waals surface area contributed by atoms with E-state index in [1.807, 2.05) is 31.2 Å². The van der Waals surface area contributed by atoms with Crippen molar-refractivity contribution < 1.29 is 18.7 Å². The number of rotatable bonds is 8. The van der Waals surface area contributed by atoms with Crippen LogP contribution in [0.5, 0.6) is 0 Å². The molecule has 2 aromatic carbocycles. The minimum absolute atomic E-state index is 0.196. The predicted molar refractivity (Wildman–Crippen MR) is 118 cm³/mol. The Morgan fingerprint density at radius 3 is 2.50 bits per heavy atom. The number of esters is 1. The second-order valence-electron chi connectivity index (χ2n) is 6.39. The molecule has 3 aromatic rings. The number of hydrogen-bond donors (Lipinski definition) is 1. The molecule has 30 heavy (non-hydrogen) atoms. The van der Waals surface area contributed by atoms with Gasteiger partial charge < -0.3 is 9.15 Å². The van der Waals surface area contributed by atoms with Crippen molar-refractivity contribution in [1.29, 1.82) is 0 Å². The first kappa shape index (κ1) is 21.4. The number of carbonyl (C=O) groups is 2. The van der Waals surface area contributed by atoms with E-state index in [2.05, 4.69) is 10.5 Å². The molecule has 0 fully saturated rings. The van der Waals surface area contributed by atoms with Gasteiger partial charge in [0.25, 0.3) is 0 Å². The molecule has 7 heteroatoms. The van der Waals surface area contributed by atoms with E-state index in [1.54, 1.807) is 43.3 Å². The number of amides is 1. The Labute approximate surface area is 179 Å². The van der Waals surface area contributed by atoms with Crippen LogP contribution in [-0.4, -0.2) is 30.5 Å². The van der Waals surface area contributed by atoms with Gasteiger partial charge in [-0.2, -0.15) is 5.10 Å². The largest absolute Gasteiger partial charge is 0.462 e. The topological polar surface area (TPSA) is 80.9 Å². The van der Waals surface area contributed by atoms with Crippen molar-refractivity contribution >= 4 is 29.9 Å². The molecule has 0 aliphatic heterocycles. The number of hydrazone groups is 1. The van der Waals surface area contributed by atoms with Crippen LogP contribution in [-0.2, 0) is 9.53 Å². The van der Waals surface area contributed by atoms with Gasteiger partial charge in [0.15, 0.2) is 0 Å². The fraction of sp³-hybridized carbons (Fsp3) is 0.174. The molecule has 0 atom stereocenters. The summed E-state index contributed by atoms with van der Waals surface area (Å²) in [6.07, 6.45) is 1.45. The molecule has 1 heterocycles. The summed E-state index contributed by atoms with van der Waals surface area (Å²) in [5.74, 6) is 0.862. The summed E-state index contributed by atoms with van der Waals surface area (Å²) >= 11 is 1.45. The molecule has 154 valence electrons. The third-order valence-electron chi connectivity index (χ3n) is 4.08. The summed E-state index contributed by atoms with van der Waals surface area (Å²) in [7, 11) is 0. The highest BCUT2D eigenvalue weighted by Gasteiger charge is 2.08. The Hall–Kier alpha value is -3.32. The quantitative estimate of drug-likeness (QED) is 0.247. The molecule has 0 saturated heterocycles. The van der Waals surface area contributed by atoms with Crippen molar-refractivity contribution in [3.63, 3.8) is 0 Å². The molecule has 0 aliphatic carbocycles. The van der Waals surface area contributed by atoms with Crippen molar-refractivity contribution in [2.45, 2.75) is 18.7 Å². The van der Waals surface area contributed by atoms with Gasteiger partial charge >= 0.3 is 5.97 Å². The lowest BCUT2D eigenvalue weighted by Gasteiger charge is -2.02. The molecular formula is C23H22N2O4S. The smallest absolute Gasteiger partial charge is 0.338 e. The normalized spacial score (nSPS) is 10.9. The minimum atomic E-state index is -0.354. The van der Waals surface area contributed by atoms with E-state index in [0.717, 1.165) is 10.5 Å². The zero-order chi connectivity index (χ0) is 21.3. The first-order valence-corrected chi connectivity index (χ1v) is 10.4. The van der Waals surface area contributed by atoms with Crippen LogP contribution >= 0.6 is 11.8 Å². The van der Waals surface area contributed by atoms with Crippen LogP contribution in [0.4, 0.5) is 0 Å². The van der Waals surface area contributed by atoms with E-state index in [0.29, 0.717) is 23.7 Å². The maximum atomic E-state index is 11.9. The van der Waals surface area contributed by atoms with Gasteiger partial charge in [0, 0.05) is 10.5 Å². The summed E-state index contributed by atoms with van der Waals surface area (Å²) in [4.78, 5) is 24.7. The molecule has 1 amide bonds. The van der Waals surface area contributed by atoms with Gasteiger partial charge in [0.1, 0.15) is 11.5 Å². The van der Waals surface area contributed by atoms with E-state index >= 15 is 0 Å². The van der Waals surface area contributed by atoms with Crippen LogP contribution in [0.15, 0.2) is 75.1 Å². The Bertz CT molecular complexity index is 1020. The number of ether oxygens (including phenoxy) is 1. The number of hydrogen-bond acceptors (Lipinski definition) is 6. The highest BCUT2D eigenvalue weighted by atomic mass is 32.2. The Morgan fingerprint density at radius 2 is 1.80 bits per heavy atom. The van der Waals surface area contributed by atoms with Crippen molar-refractivity contribution in [1.82, 2.24) is 5.43 Å². The fourth-order valence-electron chi connectivity index (χ4n) is 2.55. The fourth-order valence-corrected chi connectivity index (χ4v) is 3.24. The Kier molecular flexibility index (Phi) is 7.45. The second-order valence-corrected chi connectivity index (χ2v) is 7.44. The molecule has 0 saturated carbocycles. The van der Waals surface area contributed by atoms with Crippen molar-refractivity contribution in [3.05, 3.63) is 77.6 Å². The number of aryl methyl sites for hydroxylation is 1. The highest BCUT2D eigenvalue weighted by Crippen LogP contribution is 2.22. The van der Waals surface area contributed by atoms with Gasteiger partial charge in [-0.25, -0.2) is 10.2 Å². The molecule has 0 bridgehead atoms. The third-order valence-corrected chi connectivity index (χ3v) is 5.09. The average Bonchev–Trinajstić information content (AvgIpc) is 3.22. The summed E-state index contributed by atoms with van der Waals surface area (Å²) < 4.78 is 10.7. The number of nitrogens with one attached hydrogen (secondary N) is 1. The predicted octanol–water partition coefficient (Wildman–Crippen LogP) is 4.67. The Balaban J connectivity index is 1.51. The minimum Gasteiger partial charge on any atom is -0.462 e. The molecule has 0 aliphatic rings. The zero-order valence-corrected chi connectivity index (χ0v) is 17.6. The third kappa shape index (κ3) is 6.09. The first-order valence-electron chi connectivity index (χ1n) is 9.44. The summed E-state index contributed by atoms with van der Waals surface area (Å²) in [5.41, 5.74) is 4.98. The van der Waals surface area contributed by atoms with Crippen LogP contribution in [0.3, 0.4) is 0 Å². The Morgan fingerprint density at radius 1 is 1.07 bits per heavy atom. The van der Waals surface area contributed by atoms with Gasteiger partial charge in [-0.1, -0.05) is 29.8 Å². The number of benzene rings is 2. The number of carbonyl (C=O) groups excluding carboxylic acids is 2. The average molecular weight is 423 g/mol. The molecule has 0 radical (unpaired) electrons.